The Balaban J connectivity index is 0.00000288. The van der Waals surface area contributed by atoms with Crippen molar-refractivity contribution in [2.75, 3.05) is 19.6 Å². The molecular formula is C16H30ClN5O2. The van der Waals surface area contributed by atoms with Crippen molar-refractivity contribution < 1.29 is 9.90 Å². The van der Waals surface area contributed by atoms with E-state index in [1.807, 2.05) is 11.6 Å². The molecule has 0 bridgehead atoms. The Labute approximate surface area is 150 Å². The molecule has 1 aromatic heterocycles. The molecule has 24 heavy (non-hydrogen) atoms. The van der Waals surface area contributed by atoms with Crippen molar-refractivity contribution in [3.8, 4) is 0 Å². The monoisotopic (exact) mass is 359 g/mol. The molecule has 1 fully saturated rings. The van der Waals surface area contributed by atoms with Crippen LogP contribution in [0.2, 0.25) is 0 Å². The second-order valence-electron chi connectivity index (χ2n) is 7.58. The van der Waals surface area contributed by atoms with Crippen LogP contribution in [0.3, 0.4) is 0 Å². The van der Waals surface area contributed by atoms with Gasteiger partial charge in [-0.15, -0.1) is 17.5 Å². The minimum atomic E-state index is -0.557. The fourth-order valence-electron chi connectivity index (χ4n) is 3.02. The topological polar surface area (TPSA) is 92.1 Å². The van der Waals surface area contributed by atoms with Gasteiger partial charge in [0.05, 0.1) is 17.8 Å². The average Bonchev–Trinajstić information content (AvgIpc) is 2.86. The van der Waals surface area contributed by atoms with E-state index in [0.717, 1.165) is 31.6 Å². The molecule has 1 aliphatic heterocycles. The fourth-order valence-corrected chi connectivity index (χ4v) is 3.02. The number of nitrogens with one attached hydrogen (secondary N) is 2. The number of aromatic nitrogens is 3. The van der Waals surface area contributed by atoms with E-state index in [2.05, 4.69) is 41.7 Å². The van der Waals surface area contributed by atoms with E-state index in [1.54, 1.807) is 0 Å². The summed E-state index contributed by atoms with van der Waals surface area (Å²) in [5.41, 5.74) is 1.17. The Morgan fingerprint density at radius 1 is 1.42 bits per heavy atom. The van der Waals surface area contributed by atoms with E-state index in [4.69, 9.17) is 0 Å². The molecule has 1 saturated heterocycles. The number of amides is 1. The summed E-state index contributed by atoms with van der Waals surface area (Å²) >= 11 is 0. The molecule has 1 unspecified atom stereocenters. The third-order valence-corrected chi connectivity index (χ3v) is 4.14. The van der Waals surface area contributed by atoms with E-state index in [-0.39, 0.29) is 30.3 Å². The van der Waals surface area contributed by atoms with Gasteiger partial charge in [-0.1, -0.05) is 26.0 Å². The second-order valence-corrected chi connectivity index (χ2v) is 7.58. The number of halogens is 1. The van der Waals surface area contributed by atoms with Gasteiger partial charge in [-0.3, -0.25) is 4.79 Å². The van der Waals surface area contributed by atoms with Crippen LogP contribution in [-0.4, -0.2) is 51.7 Å². The van der Waals surface area contributed by atoms with Gasteiger partial charge in [-0.05, 0) is 44.7 Å². The van der Waals surface area contributed by atoms with Crippen LogP contribution in [0.25, 0.3) is 0 Å². The number of carbonyl (C=O) groups excluding carboxylic acids is 1. The molecule has 1 aromatic rings. The van der Waals surface area contributed by atoms with Crippen molar-refractivity contribution in [3.63, 3.8) is 0 Å². The Morgan fingerprint density at radius 3 is 2.62 bits per heavy atom. The van der Waals surface area contributed by atoms with Crippen LogP contribution in [0.4, 0.5) is 0 Å². The highest BCUT2D eigenvalue weighted by Crippen LogP contribution is 2.21. The zero-order valence-electron chi connectivity index (χ0n) is 15.0. The van der Waals surface area contributed by atoms with E-state index < -0.39 is 6.10 Å². The standard InChI is InChI=1S/C16H29N5O2.ClH/c1-11-14(15(23)18-10-13(22)9-16(2,3)4)19-20-21(11)12-5-7-17-8-6-12;/h12-13,17,22H,5-10H2,1-4H3,(H,18,23);1H. The number of piperidine rings is 1. The SMILES string of the molecule is Cc1c(C(=O)NCC(O)CC(C)(C)C)nnn1C1CCNCC1.Cl. The van der Waals surface area contributed by atoms with Crippen LogP contribution in [0.15, 0.2) is 0 Å². The molecule has 1 atom stereocenters. The van der Waals surface area contributed by atoms with Gasteiger partial charge in [-0.25, -0.2) is 4.68 Å². The summed E-state index contributed by atoms with van der Waals surface area (Å²) in [7, 11) is 0. The molecule has 1 aliphatic rings. The molecule has 0 saturated carbocycles. The lowest BCUT2D eigenvalue weighted by molar-refractivity contribution is 0.0863. The normalized spacial score (nSPS) is 17.2. The maximum atomic E-state index is 12.3. The smallest absolute Gasteiger partial charge is 0.273 e. The second kappa shape index (κ2) is 8.78. The molecule has 0 spiro atoms. The summed E-state index contributed by atoms with van der Waals surface area (Å²) in [4.78, 5) is 12.3. The summed E-state index contributed by atoms with van der Waals surface area (Å²) < 4.78 is 1.86. The summed E-state index contributed by atoms with van der Waals surface area (Å²) in [5, 5.41) is 24.3. The van der Waals surface area contributed by atoms with Gasteiger partial charge in [-0.2, -0.15) is 0 Å². The lowest BCUT2D eigenvalue weighted by Crippen LogP contribution is -2.34. The first-order valence-electron chi connectivity index (χ1n) is 8.36. The van der Waals surface area contributed by atoms with Gasteiger partial charge in [0.15, 0.2) is 5.69 Å². The fraction of sp³-hybridized carbons (Fsp3) is 0.812. The van der Waals surface area contributed by atoms with Crippen LogP contribution in [0.1, 0.15) is 62.3 Å². The first-order valence-corrected chi connectivity index (χ1v) is 8.36. The maximum absolute atomic E-state index is 12.3. The third kappa shape index (κ3) is 5.72. The molecule has 0 radical (unpaired) electrons. The van der Waals surface area contributed by atoms with Gasteiger partial charge < -0.3 is 15.7 Å². The molecule has 2 heterocycles. The van der Waals surface area contributed by atoms with Crippen LogP contribution < -0.4 is 10.6 Å². The predicted octanol–water partition coefficient (Wildman–Crippen LogP) is 1.46. The highest BCUT2D eigenvalue weighted by molar-refractivity contribution is 5.93. The van der Waals surface area contributed by atoms with Crippen molar-refractivity contribution in [2.45, 2.75) is 59.1 Å². The quantitative estimate of drug-likeness (QED) is 0.740. The van der Waals surface area contributed by atoms with Crippen LogP contribution in [-0.2, 0) is 0 Å². The zero-order valence-corrected chi connectivity index (χ0v) is 15.8. The maximum Gasteiger partial charge on any atom is 0.273 e. The summed E-state index contributed by atoms with van der Waals surface area (Å²) in [6, 6.07) is 0.303. The number of nitrogens with zero attached hydrogens (tertiary/aromatic N) is 3. The molecule has 0 aromatic carbocycles. The number of rotatable bonds is 5. The molecule has 7 nitrogen and oxygen atoms in total. The largest absolute Gasteiger partial charge is 0.391 e. The number of carbonyl (C=O) groups is 1. The van der Waals surface area contributed by atoms with Crippen molar-refractivity contribution in [1.29, 1.82) is 0 Å². The van der Waals surface area contributed by atoms with Gasteiger partial charge >= 0.3 is 0 Å². The van der Waals surface area contributed by atoms with E-state index in [1.165, 1.54) is 0 Å². The Morgan fingerprint density at radius 2 is 2.04 bits per heavy atom. The van der Waals surface area contributed by atoms with Crippen LogP contribution >= 0.6 is 12.4 Å². The first-order chi connectivity index (χ1) is 10.8. The van der Waals surface area contributed by atoms with Crippen LogP contribution in [0.5, 0.6) is 0 Å². The number of aliphatic hydroxyl groups excluding tert-OH is 1. The number of hydrogen-bond acceptors (Lipinski definition) is 5. The minimum Gasteiger partial charge on any atom is -0.391 e. The summed E-state index contributed by atoms with van der Waals surface area (Å²) in [6.45, 7) is 10.2. The minimum absolute atomic E-state index is 0. The lowest BCUT2D eigenvalue weighted by Gasteiger charge is -2.23. The average molecular weight is 360 g/mol. The Bertz CT molecular complexity index is 535. The predicted molar refractivity (Wildman–Crippen MR) is 95.6 cm³/mol. The van der Waals surface area contributed by atoms with Gasteiger partial charge in [0.1, 0.15) is 0 Å². The Hall–Kier alpha value is -1.18. The van der Waals surface area contributed by atoms with E-state index >= 15 is 0 Å². The molecular weight excluding hydrogens is 330 g/mol. The lowest BCUT2D eigenvalue weighted by atomic mass is 9.89. The third-order valence-electron chi connectivity index (χ3n) is 4.14. The number of aliphatic hydroxyl groups is 1. The molecule has 138 valence electrons. The molecule has 8 heteroatoms. The summed E-state index contributed by atoms with van der Waals surface area (Å²) in [5.74, 6) is -0.268. The zero-order chi connectivity index (χ0) is 17.0. The van der Waals surface area contributed by atoms with Crippen molar-refractivity contribution >= 4 is 18.3 Å². The van der Waals surface area contributed by atoms with Gasteiger partial charge in [0.2, 0.25) is 0 Å². The Kier molecular flexibility index (Phi) is 7.63. The van der Waals surface area contributed by atoms with E-state index in [9.17, 15) is 9.90 Å². The molecule has 3 N–H and O–H groups in total. The summed E-state index contributed by atoms with van der Waals surface area (Å²) in [6.07, 6.45) is 2.07. The van der Waals surface area contributed by atoms with Gasteiger partial charge in [0.25, 0.3) is 5.91 Å². The molecule has 1 amide bonds. The highest BCUT2D eigenvalue weighted by atomic mass is 35.5. The first kappa shape index (κ1) is 20.9. The van der Waals surface area contributed by atoms with Crippen molar-refractivity contribution in [1.82, 2.24) is 25.6 Å². The van der Waals surface area contributed by atoms with E-state index in [0.29, 0.717) is 18.2 Å². The molecule has 2 rings (SSSR count). The van der Waals surface area contributed by atoms with Gasteiger partial charge in [0, 0.05) is 6.54 Å². The number of hydrogen-bond donors (Lipinski definition) is 3. The molecule has 0 aliphatic carbocycles. The van der Waals surface area contributed by atoms with Crippen molar-refractivity contribution in [2.24, 2.45) is 5.41 Å². The van der Waals surface area contributed by atoms with Crippen molar-refractivity contribution in [3.05, 3.63) is 11.4 Å². The highest BCUT2D eigenvalue weighted by Gasteiger charge is 2.23. The van der Waals surface area contributed by atoms with Crippen LogP contribution in [0, 0.1) is 12.3 Å².